The highest BCUT2D eigenvalue weighted by Crippen LogP contribution is 2.32. The molecule has 1 heterocycles. The summed E-state index contributed by atoms with van der Waals surface area (Å²) in [7, 11) is -0.721. The minimum Gasteiger partial charge on any atom is -0.493 e. The number of methoxy groups -OCH3 is 2. The zero-order valence-corrected chi connectivity index (χ0v) is 20.1. The molecule has 32 heavy (non-hydrogen) atoms. The highest BCUT2D eigenvalue weighted by Gasteiger charge is 2.23. The van der Waals surface area contributed by atoms with Gasteiger partial charge >= 0.3 is 0 Å². The average molecular weight is 457 g/mol. The Morgan fingerprint density at radius 3 is 2.12 bits per heavy atom. The first-order chi connectivity index (χ1) is 15.1. The smallest absolute Gasteiger partial charge is 0.277 e. The molecule has 0 atom stereocenters. The van der Waals surface area contributed by atoms with E-state index in [9.17, 15) is 8.42 Å². The van der Waals surface area contributed by atoms with E-state index in [2.05, 4.69) is 20.1 Å². The summed E-state index contributed by atoms with van der Waals surface area (Å²) in [5.74, 6) is 1.17. The van der Waals surface area contributed by atoms with Crippen molar-refractivity contribution in [3.8, 4) is 22.8 Å². The van der Waals surface area contributed by atoms with E-state index in [0.29, 0.717) is 22.8 Å². The second-order valence-electron chi connectivity index (χ2n) is 7.58. The van der Waals surface area contributed by atoms with E-state index in [1.165, 1.54) is 6.21 Å². The summed E-state index contributed by atoms with van der Waals surface area (Å²) in [6, 6.07) is 5.44. The maximum absolute atomic E-state index is 13.0. The van der Waals surface area contributed by atoms with E-state index in [0.717, 1.165) is 33.4 Å². The summed E-state index contributed by atoms with van der Waals surface area (Å²) >= 11 is 0. The van der Waals surface area contributed by atoms with E-state index in [1.54, 1.807) is 32.5 Å². The zero-order chi connectivity index (χ0) is 23.6. The molecule has 3 rings (SSSR count). The third-order valence-corrected chi connectivity index (χ3v) is 7.41. The predicted molar refractivity (Wildman–Crippen MR) is 125 cm³/mol. The number of aromatic nitrogens is 2. The molecular formula is C23H28N4O4S. The Bertz CT molecular complexity index is 1260. The quantitative estimate of drug-likeness (QED) is 0.414. The SMILES string of the molecule is COc1ccc(-c2[nH]ncc2C=NNS(=O)(=O)c2c(C)c(C)c(C)c(C)c2C)cc1OC. The van der Waals surface area contributed by atoms with E-state index in [4.69, 9.17) is 9.47 Å². The van der Waals surface area contributed by atoms with Crippen molar-refractivity contribution in [1.82, 2.24) is 15.0 Å². The van der Waals surface area contributed by atoms with Crippen LogP contribution in [0.1, 0.15) is 33.4 Å². The fraction of sp³-hybridized carbons (Fsp3) is 0.304. The Hall–Kier alpha value is -3.33. The predicted octanol–water partition coefficient (Wildman–Crippen LogP) is 3.95. The number of ether oxygens (including phenoxy) is 2. The third kappa shape index (κ3) is 4.20. The lowest BCUT2D eigenvalue weighted by atomic mass is 9.95. The second kappa shape index (κ2) is 9.04. The molecule has 0 aliphatic rings. The zero-order valence-electron chi connectivity index (χ0n) is 19.3. The molecule has 170 valence electrons. The number of H-pyrrole nitrogens is 1. The van der Waals surface area contributed by atoms with Crippen molar-refractivity contribution in [1.29, 1.82) is 0 Å². The van der Waals surface area contributed by atoms with Crippen LogP contribution in [0.5, 0.6) is 11.5 Å². The first-order valence-electron chi connectivity index (χ1n) is 10.00. The molecule has 0 bridgehead atoms. The van der Waals surface area contributed by atoms with Crippen LogP contribution in [0.3, 0.4) is 0 Å². The number of aromatic amines is 1. The molecule has 0 fully saturated rings. The fourth-order valence-electron chi connectivity index (χ4n) is 3.70. The van der Waals surface area contributed by atoms with Gasteiger partial charge in [-0.05, 0) is 80.6 Å². The van der Waals surface area contributed by atoms with Gasteiger partial charge in [0.15, 0.2) is 11.5 Å². The molecule has 0 aliphatic carbocycles. The Morgan fingerprint density at radius 2 is 1.53 bits per heavy atom. The molecular weight excluding hydrogens is 428 g/mol. The lowest BCUT2D eigenvalue weighted by molar-refractivity contribution is 0.355. The summed E-state index contributed by atoms with van der Waals surface area (Å²) in [5, 5.41) is 11.0. The first-order valence-corrected chi connectivity index (χ1v) is 11.5. The van der Waals surface area contributed by atoms with Gasteiger partial charge < -0.3 is 9.47 Å². The maximum atomic E-state index is 13.0. The number of hydrogen-bond donors (Lipinski definition) is 2. The van der Waals surface area contributed by atoms with E-state index in [1.807, 2.05) is 40.7 Å². The summed E-state index contributed by atoms with van der Waals surface area (Å²) in [6.07, 6.45) is 2.99. The van der Waals surface area contributed by atoms with Crippen molar-refractivity contribution in [3.63, 3.8) is 0 Å². The molecule has 2 N–H and O–H groups in total. The molecule has 9 heteroatoms. The number of sulfonamides is 1. The summed E-state index contributed by atoms with van der Waals surface area (Å²) in [5.41, 5.74) is 6.55. The Labute approximate surface area is 188 Å². The van der Waals surface area contributed by atoms with E-state index >= 15 is 0 Å². The van der Waals surface area contributed by atoms with Crippen molar-refractivity contribution in [3.05, 3.63) is 57.8 Å². The third-order valence-electron chi connectivity index (χ3n) is 5.92. The molecule has 0 saturated heterocycles. The van der Waals surface area contributed by atoms with Crippen molar-refractivity contribution in [2.24, 2.45) is 5.10 Å². The molecule has 2 aromatic carbocycles. The standard InChI is InChI=1S/C23H28N4O4S/c1-13-14(2)16(4)23(17(5)15(13)3)32(28,29)27-25-12-19-11-24-26-22(19)18-8-9-20(30-6)21(10-18)31-7/h8-12,27H,1-7H3,(H,24,26). The summed E-state index contributed by atoms with van der Waals surface area (Å²) in [6.45, 7) is 9.50. The van der Waals surface area contributed by atoms with Crippen LogP contribution in [0.4, 0.5) is 0 Å². The van der Waals surface area contributed by atoms with Crippen molar-refractivity contribution in [2.45, 2.75) is 39.5 Å². The van der Waals surface area contributed by atoms with Gasteiger partial charge in [-0.25, -0.2) is 4.83 Å². The van der Waals surface area contributed by atoms with Gasteiger partial charge in [-0.1, -0.05) is 0 Å². The molecule has 0 amide bonds. The highest BCUT2D eigenvalue weighted by molar-refractivity contribution is 7.89. The Balaban J connectivity index is 1.91. The molecule has 3 aromatic rings. The number of benzene rings is 2. The molecule has 0 saturated carbocycles. The minimum atomic E-state index is -3.85. The minimum absolute atomic E-state index is 0.266. The van der Waals surface area contributed by atoms with E-state index < -0.39 is 10.0 Å². The molecule has 8 nitrogen and oxygen atoms in total. The molecule has 0 aliphatic heterocycles. The van der Waals surface area contributed by atoms with Crippen LogP contribution in [0.15, 0.2) is 34.4 Å². The van der Waals surface area contributed by atoms with Gasteiger partial charge in [0.1, 0.15) is 0 Å². The average Bonchev–Trinajstić information content (AvgIpc) is 3.24. The van der Waals surface area contributed by atoms with Crippen LogP contribution >= 0.6 is 0 Å². The van der Waals surface area contributed by atoms with Gasteiger partial charge in [-0.15, -0.1) is 0 Å². The molecule has 0 unspecified atom stereocenters. The molecule has 0 spiro atoms. The van der Waals surface area contributed by atoms with Crippen LogP contribution < -0.4 is 14.3 Å². The van der Waals surface area contributed by atoms with Crippen molar-refractivity contribution >= 4 is 16.2 Å². The monoisotopic (exact) mass is 456 g/mol. The lowest BCUT2D eigenvalue weighted by Gasteiger charge is -2.18. The second-order valence-corrected chi connectivity index (χ2v) is 9.17. The van der Waals surface area contributed by atoms with Gasteiger partial charge in [0, 0.05) is 11.1 Å². The van der Waals surface area contributed by atoms with Crippen LogP contribution in [-0.2, 0) is 10.0 Å². The van der Waals surface area contributed by atoms with Gasteiger partial charge in [0.05, 0.1) is 37.2 Å². The topological polar surface area (TPSA) is 106 Å². The number of hydrogen-bond acceptors (Lipinski definition) is 6. The molecule has 0 radical (unpaired) electrons. The van der Waals surface area contributed by atoms with Gasteiger partial charge in [-0.3, -0.25) is 5.10 Å². The largest absolute Gasteiger partial charge is 0.493 e. The van der Waals surface area contributed by atoms with E-state index in [-0.39, 0.29) is 4.90 Å². The van der Waals surface area contributed by atoms with Gasteiger partial charge in [0.2, 0.25) is 0 Å². The van der Waals surface area contributed by atoms with Crippen molar-refractivity contribution < 1.29 is 17.9 Å². The first kappa shape index (κ1) is 23.3. The lowest BCUT2D eigenvalue weighted by Crippen LogP contribution is -2.22. The summed E-state index contributed by atoms with van der Waals surface area (Å²) in [4.78, 5) is 2.61. The van der Waals surface area contributed by atoms with Gasteiger partial charge in [0.25, 0.3) is 10.0 Å². The number of nitrogens with one attached hydrogen (secondary N) is 2. The van der Waals surface area contributed by atoms with Crippen LogP contribution in [-0.4, -0.2) is 39.0 Å². The fourth-order valence-corrected chi connectivity index (χ4v) is 5.09. The number of rotatable bonds is 7. The Kier molecular flexibility index (Phi) is 6.59. The maximum Gasteiger partial charge on any atom is 0.277 e. The highest BCUT2D eigenvalue weighted by atomic mass is 32.2. The van der Waals surface area contributed by atoms with Crippen LogP contribution in [0, 0.1) is 34.6 Å². The van der Waals surface area contributed by atoms with Crippen LogP contribution in [0.25, 0.3) is 11.3 Å². The van der Waals surface area contributed by atoms with Crippen molar-refractivity contribution in [2.75, 3.05) is 14.2 Å². The number of nitrogens with zero attached hydrogens (tertiary/aromatic N) is 2. The van der Waals surface area contributed by atoms with Crippen LogP contribution in [0.2, 0.25) is 0 Å². The molecule has 1 aromatic heterocycles. The number of hydrazone groups is 1. The summed E-state index contributed by atoms with van der Waals surface area (Å²) < 4.78 is 36.7. The van der Waals surface area contributed by atoms with Gasteiger partial charge in [-0.2, -0.15) is 18.6 Å². The Morgan fingerprint density at radius 1 is 0.938 bits per heavy atom. The normalized spacial score (nSPS) is 11.7.